The van der Waals surface area contributed by atoms with Gasteiger partial charge in [-0.15, -0.1) is 21.5 Å². The number of benzene rings is 1. The van der Waals surface area contributed by atoms with Crippen molar-refractivity contribution in [2.45, 2.75) is 11.3 Å². The summed E-state index contributed by atoms with van der Waals surface area (Å²) in [7, 11) is 0. The van der Waals surface area contributed by atoms with Crippen molar-refractivity contribution in [2.75, 3.05) is 5.75 Å². The first-order valence-electron chi connectivity index (χ1n) is 6.26. The molecule has 0 saturated carbocycles. The van der Waals surface area contributed by atoms with Crippen LogP contribution in [0.4, 0.5) is 8.78 Å². The SMILES string of the molecule is OC(CSc1nnc(-c2cccs2)o1)c1cc(F)ccc1F. The van der Waals surface area contributed by atoms with Gasteiger partial charge in [-0.3, -0.25) is 0 Å². The second-order valence-electron chi connectivity index (χ2n) is 4.34. The van der Waals surface area contributed by atoms with Crippen LogP contribution in [-0.2, 0) is 0 Å². The molecule has 4 nitrogen and oxygen atoms in total. The van der Waals surface area contributed by atoms with E-state index in [1.807, 2.05) is 17.5 Å². The molecular formula is C14H10F2N2O2S2. The lowest BCUT2D eigenvalue weighted by Gasteiger charge is -2.10. The summed E-state index contributed by atoms with van der Waals surface area (Å²) in [5.41, 5.74) is -0.0921. The van der Waals surface area contributed by atoms with Gasteiger partial charge in [-0.1, -0.05) is 17.8 Å². The largest absolute Gasteiger partial charge is 0.410 e. The van der Waals surface area contributed by atoms with Crippen molar-refractivity contribution < 1.29 is 18.3 Å². The highest BCUT2D eigenvalue weighted by molar-refractivity contribution is 7.99. The fraction of sp³-hybridized carbons (Fsp3) is 0.143. The Hall–Kier alpha value is -1.77. The molecule has 3 aromatic rings. The number of aromatic nitrogens is 2. The van der Waals surface area contributed by atoms with Gasteiger partial charge in [0, 0.05) is 11.3 Å². The van der Waals surface area contributed by atoms with Crippen LogP contribution in [0, 0.1) is 11.6 Å². The number of aliphatic hydroxyl groups is 1. The average molecular weight is 340 g/mol. The molecule has 8 heteroatoms. The molecule has 114 valence electrons. The minimum atomic E-state index is -1.17. The Kier molecular flexibility index (Phi) is 4.51. The Morgan fingerprint density at radius 1 is 1.27 bits per heavy atom. The maximum Gasteiger partial charge on any atom is 0.276 e. The smallest absolute Gasteiger partial charge is 0.276 e. The van der Waals surface area contributed by atoms with Gasteiger partial charge in [0.15, 0.2) is 0 Å². The highest BCUT2D eigenvalue weighted by Gasteiger charge is 2.17. The van der Waals surface area contributed by atoms with Crippen LogP contribution in [-0.4, -0.2) is 21.1 Å². The fourth-order valence-corrected chi connectivity index (χ4v) is 3.14. The molecule has 1 N–H and O–H groups in total. The molecule has 22 heavy (non-hydrogen) atoms. The molecule has 0 radical (unpaired) electrons. The fourth-order valence-electron chi connectivity index (χ4n) is 1.78. The third kappa shape index (κ3) is 3.34. The van der Waals surface area contributed by atoms with Gasteiger partial charge in [0.2, 0.25) is 0 Å². The first-order chi connectivity index (χ1) is 10.6. The number of thioether (sulfide) groups is 1. The van der Waals surface area contributed by atoms with Gasteiger partial charge >= 0.3 is 0 Å². The standard InChI is InChI=1S/C14H10F2N2O2S2/c15-8-3-4-10(16)9(6-8)11(19)7-22-14-18-17-13(20-14)12-2-1-5-21-12/h1-6,11,19H,7H2. The van der Waals surface area contributed by atoms with Gasteiger partial charge in [-0.2, -0.15) is 0 Å². The van der Waals surface area contributed by atoms with Crippen LogP contribution < -0.4 is 0 Å². The first kappa shape index (κ1) is 15.1. The van der Waals surface area contributed by atoms with E-state index >= 15 is 0 Å². The molecule has 0 aliphatic heterocycles. The lowest BCUT2D eigenvalue weighted by molar-refractivity contribution is 0.198. The number of nitrogens with zero attached hydrogens (tertiary/aromatic N) is 2. The van der Waals surface area contributed by atoms with Crippen LogP contribution in [0.2, 0.25) is 0 Å². The number of hydrogen-bond donors (Lipinski definition) is 1. The minimum Gasteiger partial charge on any atom is -0.410 e. The summed E-state index contributed by atoms with van der Waals surface area (Å²) in [6.45, 7) is 0. The highest BCUT2D eigenvalue weighted by Crippen LogP contribution is 2.29. The van der Waals surface area contributed by atoms with Crippen molar-refractivity contribution in [1.29, 1.82) is 0 Å². The Balaban J connectivity index is 1.66. The van der Waals surface area contributed by atoms with Crippen molar-refractivity contribution in [1.82, 2.24) is 10.2 Å². The lowest BCUT2D eigenvalue weighted by Crippen LogP contribution is -2.04. The lowest BCUT2D eigenvalue weighted by atomic mass is 10.1. The molecule has 0 saturated heterocycles. The first-order valence-corrected chi connectivity index (χ1v) is 8.13. The predicted molar refractivity (Wildman–Crippen MR) is 79.7 cm³/mol. The molecule has 3 rings (SSSR count). The summed E-state index contributed by atoms with van der Waals surface area (Å²) in [5, 5.41) is 19.9. The van der Waals surface area contributed by atoms with E-state index in [-0.39, 0.29) is 16.5 Å². The van der Waals surface area contributed by atoms with Gasteiger partial charge < -0.3 is 9.52 Å². The summed E-state index contributed by atoms with van der Waals surface area (Å²) in [4.78, 5) is 0.844. The van der Waals surface area contributed by atoms with E-state index in [1.165, 1.54) is 11.3 Å². The third-order valence-electron chi connectivity index (χ3n) is 2.82. The van der Waals surface area contributed by atoms with Crippen LogP contribution in [0.5, 0.6) is 0 Å². The molecule has 0 aliphatic rings. The van der Waals surface area contributed by atoms with Gasteiger partial charge in [-0.25, -0.2) is 8.78 Å². The van der Waals surface area contributed by atoms with E-state index in [4.69, 9.17) is 4.42 Å². The van der Waals surface area contributed by atoms with Crippen molar-refractivity contribution in [3.8, 4) is 10.8 Å². The van der Waals surface area contributed by atoms with E-state index in [1.54, 1.807) is 0 Å². The van der Waals surface area contributed by atoms with Crippen molar-refractivity contribution in [3.05, 3.63) is 52.9 Å². The molecule has 2 heterocycles. The minimum absolute atomic E-state index is 0.0758. The van der Waals surface area contributed by atoms with Gasteiger partial charge in [0.05, 0.1) is 11.0 Å². The number of thiophene rings is 1. The highest BCUT2D eigenvalue weighted by atomic mass is 32.2. The van der Waals surface area contributed by atoms with Crippen LogP contribution >= 0.6 is 23.1 Å². The average Bonchev–Trinajstić information content (AvgIpc) is 3.17. The summed E-state index contributed by atoms with van der Waals surface area (Å²) in [6, 6.07) is 6.69. The topological polar surface area (TPSA) is 59.2 Å². The number of hydrogen-bond acceptors (Lipinski definition) is 6. The van der Waals surface area contributed by atoms with Crippen LogP contribution in [0.1, 0.15) is 11.7 Å². The number of aliphatic hydroxyl groups excluding tert-OH is 1. The Labute approximate surface area is 132 Å². The second kappa shape index (κ2) is 6.55. The zero-order chi connectivity index (χ0) is 15.5. The predicted octanol–water partition coefficient (Wildman–Crippen LogP) is 3.90. The zero-order valence-corrected chi connectivity index (χ0v) is 12.7. The monoisotopic (exact) mass is 340 g/mol. The summed E-state index contributed by atoms with van der Waals surface area (Å²) in [6.07, 6.45) is -1.17. The maximum absolute atomic E-state index is 13.5. The summed E-state index contributed by atoms with van der Waals surface area (Å²) < 4.78 is 32.1. The molecule has 1 unspecified atom stereocenters. The quantitative estimate of drug-likeness (QED) is 0.714. The molecule has 0 spiro atoms. The Morgan fingerprint density at radius 3 is 2.91 bits per heavy atom. The molecule has 0 bridgehead atoms. The molecule has 2 aromatic heterocycles. The number of rotatable bonds is 5. The van der Waals surface area contributed by atoms with E-state index in [2.05, 4.69) is 10.2 Å². The Morgan fingerprint density at radius 2 is 2.14 bits per heavy atom. The van der Waals surface area contributed by atoms with E-state index < -0.39 is 17.7 Å². The summed E-state index contributed by atoms with van der Waals surface area (Å²) in [5.74, 6) is -0.784. The van der Waals surface area contributed by atoms with E-state index in [9.17, 15) is 13.9 Å². The van der Waals surface area contributed by atoms with Gasteiger partial charge in [0.25, 0.3) is 11.1 Å². The molecule has 1 aromatic carbocycles. The van der Waals surface area contributed by atoms with Crippen LogP contribution in [0.15, 0.2) is 45.4 Å². The van der Waals surface area contributed by atoms with Gasteiger partial charge in [-0.05, 0) is 29.6 Å². The zero-order valence-electron chi connectivity index (χ0n) is 11.1. The van der Waals surface area contributed by atoms with E-state index in [0.717, 1.165) is 34.8 Å². The molecule has 0 aliphatic carbocycles. The van der Waals surface area contributed by atoms with Crippen molar-refractivity contribution in [2.24, 2.45) is 0 Å². The maximum atomic E-state index is 13.5. The normalized spacial score (nSPS) is 12.5. The Bertz CT molecular complexity index is 762. The third-order valence-corrected chi connectivity index (χ3v) is 4.57. The molecule has 0 fully saturated rings. The molecule has 1 atom stereocenters. The molecule has 0 amide bonds. The second-order valence-corrected chi connectivity index (χ2v) is 6.26. The van der Waals surface area contributed by atoms with Crippen molar-refractivity contribution in [3.63, 3.8) is 0 Å². The van der Waals surface area contributed by atoms with Crippen LogP contribution in [0.3, 0.4) is 0 Å². The van der Waals surface area contributed by atoms with Crippen molar-refractivity contribution >= 4 is 23.1 Å². The molecular weight excluding hydrogens is 330 g/mol. The summed E-state index contributed by atoms with van der Waals surface area (Å²) >= 11 is 2.55. The van der Waals surface area contributed by atoms with Gasteiger partial charge in [0.1, 0.15) is 11.6 Å². The number of halogens is 2. The van der Waals surface area contributed by atoms with Crippen LogP contribution in [0.25, 0.3) is 10.8 Å². The van der Waals surface area contributed by atoms with E-state index in [0.29, 0.717) is 5.89 Å².